The Balaban J connectivity index is 6.23. The summed E-state index contributed by atoms with van der Waals surface area (Å²) in [7, 11) is 4.67. The Morgan fingerprint density at radius 3 is 1.58 bits per heavy atom. The van der Waals surface area contributed by atoms with E-state index < -0.39 is 53.8 Å². The minimum atomic E-state index is -1.01. The van der Waals surface area contributed by atoms with Crippen LogP contribution in [-0.4, -0.2) is 101 Å². The standard InChI is InChI=1S/C36H64N6O6/c1-15-17-18-19-20-25(10)34(46)41(13)29(23(7)8)36(48)40(12)28(22(5)6)32(44)39-27(21(3)4)35(47)42(14)30(24(9)16-2)33(45)38-26(11)31(37)43/h1,21-30H,16-20H2,2-14H3,(H2,37,43)(H,38,45)(H,39,44). The third-order valence-corrected chi connectivity index (χ3v) is 9.18. The van der Waals surface area contributed by atoms with E-state index in [1.807, 2.05) is 48.5 Å². The number of nitrogens with one attached hydrogen (secondary N) is 2. The first-order chi connectivity index (χ1) is 22.2. The first kappa shape index (κ1) is 44.4. The summed E-state index contributed by atoms with van der Waals surface area (Å²) in [5, 5.41) is 5.46. The van der Waals surface area contributed by atoms with Gasteiger partial charge in [-0.15, -0.1) is 12.3 Å². The Morgan fingerprint density at radius 1 is 0.667 bits per heavy atom. The van der Waals surface area contributed by atoms with Crippen LogP contribution in [0.2, 0.25) is 0 Å². The van der Waals surface area contributed by atoms with Crippen molar-refractivity contribution in [2.45, 2.75) is 132 Å². The number of unbranched alkanes of at least 4 members (excludes halogenated alkanes) is 2. The molecule has 12 heteroatoms. The summed E-state index contributed by atoms with van der Waals surface area (Å²) in [6.45, 7) is 17.9. The van der Waals surface area contributed by atoms with Crippen LogP contribution < -0.4 is 16.4 Å². The predicted octanol–water partition coefficient (Wildman–Crippen LogP) is 2.79. The van der Waals surface area contributed by atoms with E-state index in [1.165, 1.54) is 28.7 Å². The van der Waals surface area contributed by atoms with Crippen molar-refractivity contribution in [3.8, 4) is 12.3 Å². The Labute approximate surface area is 289 Å². The Morgan fingerprint density at radius 2 is 1.15 bits per heavy atom. The number of hydrogen-bond acceptors (Lipinski definition) is 6. The lowest BCUT2D eigenvalue weighted by Gasteiger charge is -2.39. The van der Waals surface area contributed by atoms with Crippen LogP contribution in [0.1, 0.15) is 101 Å². The molecule has 0 aromatic carbocycles. The number of likely N-dealkylation sites (N-methyl/N-ethyl adjacent to an activating group) is 3. The number of amides is 6. The summed E-state index contributed by atoms with van der Waals surface area (Å²) in [5.41, 5.74) is 5.34. The highest BCUT2D eigenvalue weighted by molar-refractivity contribution is 5.96. The van der Waals surface area contributed by atoms with Crippen molar-refractivity contribution >= 4 is 35.4 Å². The maximum absolute atomic E-state index is 14.1. The zero-order valence-electron chi connectivity index (χ0n) is 31.8. The van der Waals surface area contributed by atoms with Gasteiger partial charge in [0.25, 0.3) is 0 Å². The van der Waals surface area contributed by atoms with Gasteiger partial charge in [-0.3, -0.25) is 28.8 Å². The monoisotopic (exact) mass is 676 g/mol. The summed E-state index contributed by atoms with van der Waals surface area (Å²) in [6, 6.07) is -4.63. The molecule has 4 N–H and O–H groups in total. The van der Waals surface area contributed by atoms with Crippen molar-refractivity contribution in [3.05, 3.63) is 0 Å². The van der Waals surface area contributed by atoms with Crippen LogP contribution in [0.15, 0.2) is 0 Å². The van der Waals surface area contributed by atoms with Crippen LogP contribution in [0.3, 0.4) is 0 Å². The molecule has 48 heavy (non-hydrogen) atoms. The molecule has 0 aliphatic carbocycles. The predicted molar refractivity (Wildman–Crippen MR) is 189 cm³/mol. The van der Waals surface area contributed by atoms with Crippen LogP contribution >= 0.6 is 0 Å². The first-order valence-corrected chi connectivity index (χ1v) is 17.3. The first-order valence-electron chi connectivity index (χ1n) is 17.3. The van der Waals surface area contributed by atoms with Crippen LogP contribution in [0.5, 0.6) is 0 Å². The SMILES string of the molecule is C#CCCCCC(C)C(=O)N(C)C(C(=O)N(C)C(C(=O)NC(C(=O)N(C)C(C(=O)NC(C)C(N)=O)C(C)CC)C(C)C)C(C)C)C(C)C. The molecule has 0 bridgehead atoms. The van der Waals surface area contributed by atoms with Gasteiger partial charge in [-0.1, -0.05) is 75.2 Å². The molecule has 0 saturated heterocycles. The lowest BCUT2D eigenvalue weighted by molar-refractivity contribution is -0.152. The molecule has 0 spiro atoms. The normalized spacial score (nSPS) is 15.7. The van der Waals surface area contributed by atoms with Gasteiger partial charge in [0.1, 0.15) is 30.2 Å². The number of hydrogen-bond donors (Lipinski definition) is 3. The number of carbonyl (C=O) groups is 6. The average Bonchev–Trinajstić information content (AvgIpc) is 3.00. The summed E-state index contributed by atoms with van der Waals surface area (Å²) in [5.74, 6) is -1.66. The van der Waals surface area contributed by atoms with E-state index in [4.69, 9.17) is 12.2 Å². The van der Waals surface area contributed by atoms with Crippen molar-refractivity contribution in [3.63, 3.8) is 0 Å². The van der Waals surface area contributed by atoms with Crippen LogP contribution in [0.4, 0.5) is 0 Å². The van der Waals surface area contributed by atoms with Gasteiger partial charge in [-0.25, -0.2) is 0 Å². The van der Waals surface area contributed by atoms with Crippen LogP contribution in [-0.2, 0) is 28.8 Å². The fourth-order valence-corrected chi connectivity index (χ4v) is 5.97. The van der Waals surface area contributed by atoms with E-state index in [0.29, 0.717) is 19.3 Å². The van der Waals surface area contributed by atoms with E-state index in [1.54, 1.807) is 27.9 Å². The largest absolute Gasteiger partial charge is 0.368 e. The molecule has 0 saturated carbocycles. The van der Waals surface area contributed by atoms with Crippen molar-refractivity contribution in [1.29, 1.82) is 0 Å². The molecule has 6 amide bonds. The minimum Gasteiger partial charge on any atom is -0.368 e. The maximum Gasteiger partial charge on any atom is 0.246 e. The average molecular weight is 677 g/mol. The fourth-order valence-electron chi connectivity index (χ4n) is 5.97. The van der Waals surface area contributed by atoms with E-state index in [9.17, 15) is 28.8 Å². The molecule has 0 radical (unpaired) electrons. The van der Waals surface area contributed by atoms with E-state index in [2.05, 4.69) is 16.6 Å². The van der Waals surface area contributed by atoms with Crippen LogP contribution in [0, 0.1) is 41.9 Å². The number of nitrogens with zero attached hydrogens (tertiary/aromatic N) is 3. The molecule has 0 aliphatic heterocycles. The van der Waals surface area contributed by atoms with Gasteiger partial charge in [-0.05, 0) is 43.4 Å². The van der Waals surface area contributed by atoms with Gasteiger partial charge in [0, 0.05) is 33.5 Å². The second kappa shape index (κ2) is 20.7. The molecule has 0 aliphatic rings. The number of carbonyl (C=O) groups excluding carboxylic acids is 6. The van der Waals surface area contributed by atoms with Gasteiger partial charge in [0.2, 0.25) is 35.4 Å². The number of nitrogens with two attached hydrogens (primary N) is 1. The van der Waals surface area contributed by atoms with Gasteiger partial charge in [0.05, 0.1) is 0 Å². The fraction of sp³-hybridized carbons (Fsp3) is 0.778. The van der Waals surface area contributed by atoms with Gasteiger partial charge in [-0.2, -0.15) is 0 Å². The molecular weight excluding hydrogens is 612 g/mol. The second-order valence-electron chi connectivity index (χ2n) is 14.3. The maximum atomic E-state index is 14.1. The smallest absolute Gasteiger partial charge is 0.246 e. The zero-order valence-corrected chi connectivity index (χ0v) is 31.8. The topological polar surface area (TPSA) is 162 Å². The van der Waals surface area contributed by atoms with Crippen LogP contribution in [0.25, 0.3) is 0 Å². The summed E-state index contributed by atoms with van der Waals surface area (Å²) in [6.07, 6.45) is 8.85. The quantitative estimate of drug-likeness (QED) is 0.133. The van der Waals surface area contributed by atoms with Gasteiger partial charge in [0.15, 0.2) is 0 Å². The number of terminal acetylenes is 1. The zero-order chi connectivity index (χ0) is 37.6. The number of primary amides is 1. The Bertz CT molecular complexity index is 1150. The van der Waals surface area contributed by atoms with E-state index >= 15 is 0 Å². The lowest BCUT2D eigenvalue weighted by Crippen LogP contribution is -2.62. The van der Waals surface area contributed by atoms with E-state index in [-0.39, 0.29) is 41.4 Å². The van der Waals surface area contributed by atoms with E-state index in [0.717, 1.165) is 12.8 Å². The highest BCUT2D eigenvalue weighted by atomic mass is 16.2. The minimum absolute atomic E-state index is 0.152. The molecule has 12 nitrogen and oxygen atoms in total. The summed E-state index contributed by atoms with van der Waals surface area (Å²) < 4.78 is 0. The highest BCUT2D eigenvalue weighted by Crippen LogP contribution is 2.22. The summed E-state index contributed by atoms with van der Waals surface area (Å²) >= 11 is 0. The molecule has 0 aromatic rings. The molecular formula is C36H64N6O6. The molecule has 0 heterocycles. The molecule has 0 rings (SSSR count). The summed E-state index contributed by atoms with van der Waals surface area (Å²) in [4.78, 5) is 84.4. The van der Waals surface area contributed by atoms with Gasteiger partial charge < -0.3 is 31.1 Å². The van der Waals surface area contributed by atoms with Crippen molar-refractivity contribution in [1.82, 2.24) is 25.3 Å². The van der Waals surface area contributed by atoms with Crippen molar-refractivity contribution in [2.24, 2.45) is 35.3 Å². The molecule has 0 aromatic heterocycles. The Kier molecular flexibility index (Phi) is 19.1. The van der Waals surface area contributed by atoms with Crippen molar-refractivity contribution in [2.75, 3.05) is 21.1 Å². The third kappa shape index (κ3) is 12.4. The second-order valence-corrected chi connectivity index (χ2v) is 14.3. The lowest BCUT2D eigenvalue weighted by atomic mass is 9.93. The molecule has 0 fully saturated rings. The molecule has 7 unspecified atom stereocenters. The third-order valence-electron chi connectivity index (χ3n) is 9.18. The van der Waals surface area contributed by atoms with Crippen molar-refractivity contribution < 1.29 is 28.8 Å². The Hall–Kier alpha value is -3.62. The number of rotatable bonds is 20. The molecule has 7 atom stereocenters. The van der Waals surface area contributed by atoms with Gasteiger partial charge >= 0.3 is 0 Å². The molecule has 274 valence electrons. The highest BCUT2D eigenvalue weighted by Gasteiger charge is 2.41.